The molecule has 1 aromatic rings. The summed E-state index contributed by atoms with van der Waals surface area (Å²) < 4.78 is 40.0. The zero-order valence-corrected chi connectivity index (χ0v) is 10.7. The van der Waals surface area contributed by atoms with Gasteiger partial charge in [-0.15, -0.1) is 13.2 Å². The van der Waals surface area contributed by atoms with Gasteiger partial charge in [0.2, 0.25) is 0 Å². The lowest BCUT2D eigenvalue weighted by molar-refractivity contribution is -0.274. The van der Waals surface area contributed by atoms with Crippen molar-refractivity contribution in [3.63, 3.8) is 0 Å². The summed E-state index contributed by atoms with van der Waals surface area (Å²) in [7, 11) is 0. The Morgan fingerprint density at radius 2 is 1.95 bits per heavy atom. The molecular weight excluding hydrogens is 257 g/mol. The molecule has 0 aromatic heterocycles. The fourth-order valence-electron chi connectivity index (χ4n) is 2.33. The molecule has 2 unspecified atom stereocenters. The fraction of sp³-hybridized carbons (Fsp3) is 0.538. The van der Waals surface area contributed by atoms with Crippen molar-refractivity contribution in [3.05, 3.63) is 29.8 Å². The molecule has 0 amide bonds. The van der Waals surface area contributed by atoms with E-state index in [-0.39, 0.29) is 17.8 Å². The van der Waals surface area contributed by atoms with Crippen LogP contribution in [0.15, 0.2) is 24.3 Å². The maximum absolute atomic E-state index is 12.0. The SMILES string of the molecule is CC(c1ccc(OC(F)(F)F)cc1)N1CCC(N)C1. The Morgan fingerprint density at radius 3 is 2.42 bits per heavy atom. The standard InChI is InChI=1S/C13H17F3N2O/c1-9(18-7-6-11(17)8-18)10-2-4-12(5-3-10)19-13(14,15)16/h2-5,9,11H,6-8,17H2,1H3. The first kappa shape index (κ1) is 14.1. The van der Waals surface area contributed by atoms with Crippen LogP contribution in [-0.2, 0) is 0 Å². The molecule has 0 bridgehead atoms. The Labute approximate surface area is 110 Å². The van der Waals surface area contributed by atoms with Crippen LogP contribution in [0.2, 0.25) is 0 Å². The molecule has 1 heterocycles. The maximum atomic E-state index is 12.0. The number of benzene rings is 1. The van der Waals surface area contributed by atoms with Gasteiger partial charge in [-0.1, -0.05) is 12.1 Å². The largest absolute Gasteiger partial charge is 0.573 e. The van der Waals surface area contributed by atoms with Crippen molar-refractivity contribution >= 4 is 0 Å². The number of halogens is 3. The molecule has 2 N–H and O–H groups in total. The van der Waals surface area contributed by atoms with Gasteiger partial charge in [-0.3, -0.25) is 4.90 Å². The van der Waals surface area contributed by atoms with Crippen LogP contribution in [0.3, 0.4) is 0 Å². The van der Waals surface area contributed by atoms with E-state index in [4.69, 9.17) is 5.73 Å². The highest BCUT2D eigenvalue weighted by molar-refractivity contribution is 5.29. The molecule has 2 atom stereocenters. The second-order valence-corrected chi connectivity index (χ2v) is 4.84. The van der Waals surface area contributed by atoms with Crippen LogP contribution in [-0.4, -0.2) is 30.4 Å². The minimum Gasteiger partial charge on any atom is -0.406 e. The summed E-state index contributed by atoms with van der Waals surface area (Å²) >= 11 is 0. The third-order valence-electron chi connectivity index (χ3n) is 3.40. The zero-order chi connectivity index (χ0) is 14.0. The number of nitrogens with zero attached hydrogens (tertiary/aromatic N) is 1. The van der Waals surface area contributed by atoms with Crippen LogP contribution in [0.4, 0.5) is 13.2 Å². The van der Waals surface area contributed by atoms with Crippen molar-refractivity contribution in [1.82, 2.24) is 4.90 Å². The van der Waals surface area contributed by atoms with Gasteiger partial charge in [0.1, 0.15) is 5.75 Å². The van der Waals surface area contributed by atoms with Crippen LogP contribution < -0.4 is 10.5 Å². The van der Waals surface area contributed by atoms with Crippen molar-refractivity contribution in [2.75, 3.05) is 13.1 Å². The number of ether oxygens (including phenoxy) is 1. The van der Waals surface area contributed by atoms with E-state index < -0.39 is 6.36 Å². The predicted octanol–water partition coefficient (Wildman–Crippen LogP) is 2.68. The molecule has 6 heteroatoms. The molecule has 2 rings (SSSR count). The van der Waals surface area contributed by atoms with Crippen LogP contribution in [0, 0.1) is 0 Å². The normalized spacial score (nSPS) is 22.5. The van der Waals surface area contributed by atoms with E-state index in [1.807, 2.05) is 6.92 Å². The molecule has 1 saturated heterocycles. The van der Waals surface area contributed by atoms with E-state index >= 15 is 0 Å². The van der Waals surface area contributed by atoms with Gasteiger partial charge in [-0.2, -0.15) is 0 Å². The molecule has 1 aromatic carbocycles. The number of nitrogens with two attached hydrogens (primary N) is 1. The van der Waals surface area contributed by atoms with Crippen molar-refractivity contribution in [2.24, 2.45) is 5.73 Å². The lowest BCUT2D eigenvalue weighted by atomic mass is 10.1. The van der Waals surface area contributed by atoms with Gasteiger partial charge < -0.3 is 10.5 Å². The number of alkyl halides is 3. The summed E-state index contributed by atoms with van der Waals surface area (Å²) in [5.41, 5.74) is 6.81. The van der Waals surface area contributed by atoms with Crippen molar-refractivity contribution < 1.29 is 17.9 Å². The van der Waals surface area contributed by atoms with Gasteiger partial charge in [0.25, 0.3) is 0 Å². The zero-order valence-electron chi connectivity index (χ0n) is 10.7. The van der Waals surface area contributed by atoms with E-state index in [0.29, 0.717) is 0 Å². The molecule has 1 aliphatic rings. The Bertz CT molecular complexity index is 419. The molecule has 19 heavy (non-hydrogen) atoms. The Kier molecular flexibility index (Phi) is 4.01. The third kappa shape index (κ3) is 3.84. The minimum absolute atomic E-state index is 0.147. The monoisotopic (exact) mass is 274 g/mol. The Morgan fingerprint density at radius 1 is 1.32 bits per heavy atom. The predicted molar refractivity (Wildman–Crippen MR) is 65.7 cm³/mol. The molecule has 0 spiro atoms. The molecule has 3 nitrogen and oxygen atoms in total. The lowest BCUT2D eigenvalue weighted by Gasteiger charge is -2.24. The van der Waals surface area contributed by atoms with Crippen molar-refractivity contribution in [3.8, 4) is 5.75 Å². The molecule has 0 radical (unpaired) electrons. The molecule has 0 saturated carbocycles. The Balaban J connectivity index is 2.01. The van der Waals surface area contributed by atoms with Gasteiger partial charge in [-0.25, -0.2) is 0 Å². The molecule has 0 aliphatic carbocycles. The summed E-state index contributed by atoms with van der Waals surface area (Å²) in [5, 5.41) is 0. The summed E-state index contributed by atoms with van der Waals surface area (Å²) in [6.45, 7) is 3.77. The average molecular weight is 274 g/mol. The van der Waals surface area contributed by atoms with E-state index in [1.165, 1.54) is 12.1 Å². The second-order valence-electron chi connectivity index (χ2n) is 4.84. The molecule has 1 fully saturated rings. The van der Waals surface area contributed by atoms with Gasteiger partial charge in [0.15, 0.2) is 0 Å². The number of rotatable bonds is 3. The molecule has 1 aliphatic heterocycles. The summed E-state index contributed by atoms with van der Waals surface area (Å²) in [6.07, 6.45) is -3.69. The van der Waals surface area contributed by atoms with Crippen molar-refractivity contribution in [2.45, 2.75) is 31.8 Å². The molecule has 106 valence electrons. The van der Waals surface area contributed by atoms with Crippen LogP contribution >= 0.6 is 0 Å². The summed E-state index contributed by atoms with van der Waals surface area (Å²) in [4.78, 5) is 2.23. The van der Waals surface area contributed by atoms with E-state index in [2.05, 4.69) is 9.64 Å². The number of hydrogen-bond acceptors (Lipinski definition) is 3. The smallest absolute Gasteiger partial charge is 0.406 e. The number of hydrogen-bond donors (Lipinski definition) is 1. The first-order chi connectivity index (χ1) is 8.85. The highest BCUT2D eigenvalue weighted by Crippen LogP contribution is 2.27. The van der Waals surface area contributed by atoms with Gasteiger partial charge >= 0.3 is 6.36 Å². The topological polar surface area (TPSA) is 38.5 Å². The third-order valence-corrected chi connectivity index (χ3v) is 3.40. The van der Waals surface area contributed by atoms with Crippen LogP contribution in [0.25, 0.3) is 0 Å². The van der Waals surface area contributed by atoms with Crippen LogP contribution in [0.1, 0.15) is 24.9 Å². The number of likely N-dealkylation sites (tertiary alicyclic amines) is 1. The van der Waals surface area contributed by atoms with E-state index in [9.17, 15) is 13.2 Å². The van der Waals surface area contributed by atoms with Gasteiger partial charge in [0.05, 0.1) is 0 Å². The van der Waals surface area contributed by atoms with Gasteiger partial charge in [-0.05, 0) is 31.0 Å². The second kappa shape index (κ2) is 5.38. The average Bonchev–Trinajstić information content (AvgIpc) is 2.74. The fourth-order valence-corrected chi connectivity index (χ4v) is 2.33. The molecular formula is C13H17F3N2O. The highest BCUT2D eigenvalue weighted by atomic mass is 19.4. The maximum Gasteiger partial charge on any atom is 0.573 e. The van der Waals surface area contributed by atoms with E-state index in [0.717, 1.165) is 25.1 Å². The lowest BCUT2D eigenvalue weighted by Crippen LogP contribution is -2.28. The quantitative estimate of drug-likeness (QED) is 0.921. The summed E-state index contributed by atoms with van der Waals surface area (Å²) in [5.74, 6) is -0.193. The highest BCUT2D eigenvalue weighted by Gasteiger charge is 2.31. The first-order valence-corrected chi connectivity index (χ1v) is 6.20. The van der Waals surface area contributed by atoms with E-state index in [1.54, 1.807) is 12.1 Å². The summed E-state index contributed by atoms with van der Waals surface area (Å²) in [6, 6.07) is 6.35. The van der Waals surface area contributed by atoms with Crippen molar-refractivity contribution in [1.29, 1.82) is 0 Å². The first-order valence-electron chi connectivity index (χ1n) is 6.20. The Hall–Kier alpha value is -1.27. The minimum atomic E-state index is -4.64. The van der Waals surface area contributed by atoms with Crippen LogP contribution in [0.5, 0.6) is 5.75 Å². The van der Waals surface area contributed by atoms with Gasteiger partial charge in [0, 0.05) is 25.2 Å².